The largest absolute Gasteiger partial charge is 0.484 e. The average molecular weight is 364 g/mol. The summed E-state index contributed by atoms with van der Waals surface area (Å²) in [5.74, 6) is -0.375. The Labute approximate surface area is 156 Å². The molecule has 1 heterocycles. The van der Waals surface area contributed by atoms with Crippen molar-refractivity contribution in [2.24, 2.45) is 5.73 Å². The summed E-state index contributed by atoms with van der Waals surface area (Å²) in [6, 6.07) is 16.2. The number of nitrogens with two attached hydrogens (primary N) is 1. The molecule has 3 N–H and O–H groups in total. The van der Waals surface area contributed by atoms with E-state index < -0.39 is 5.91 Å². The monoisotopic (exact) mass is 364 g/mol. The van der Waals surface area contributed by atoms with Crippen LogP contribution in [0.2, 0.25) is 0 Å². The number of carbonyl (C=O) groups excluding carboxylic acids is 2. The molecule has 0 aliphatic heterocycles. The van der Waals surface area contributed by atoms with Crippen LogP contribution in [0.3, 0.4) is 0 Å². The van der Waals surface area contributed by atoms with Crippen molar-refractivity contribution in [2.45, 2.75) is 13.1 Å². The van der Waals surface area contributed by atoms with E-state index in [-0.39, 0.29) is 12.5 Å². The lowest BCUT2D eigenvalue weighted by Crippen LogP contribution is -2.28. The third kappa shape index (κ3) is 5.43. The molecule has 2 aromatic carbocycles. The molecular formula is C20H20N4O3. The van der Waals surface area contributed by atoms with E-state index >= 15 is 0 Å². The predicted octanol–water partition coefficient (Wildman–Crippen LogP) is 1.73. The van der Waals surface area contributed by atoms with Gasteiger partial charge in [-0.1, -0.05) is 30.3 Å². The molecule has 0 bridgehead atoms. The Bertz CT molecular complexity index is 922. The smallest absolute Gasteiger partial charge is 0.258 e. The van der Waals surface area contributed by atoms with Gasteiger partial charge >= 0.3 is 0 Å². The molecule has 0 aliphatic carbocycles. The Morgan fingerprint density at radius 1 is 1.07 bits per heavy atom. The first-order valence-corrected chi connectivity index (χ1v) is 8.45. The number of rotatable bonds is 8. The van der Waals surface area contributed by atoms with Gasteiger partial charge in [0.1, 0.15) is 5.75 Å². The fourth-order valence-corrected chi connectivity index (χ4v) is 2.56. The Balaban J connectivity index is 1.49. The number of nitrogens with one attached hydrogen (secondary N) is 1. The van der Waals surface area contributed by atoms with Crippen LogP contribution in [-0.2, 0) is 17.9 Å². The van der Waals surface area contributed by atoms with Gasteiger partial charge in [-0.15, -0.1) is 0 Å². The molecule has 27 heavy (non-hydrogen) atoms. The number of primary amides is 1. The highest BCUT2D eigenvalue weighted by Gasteiger charge is 2.06. The highest BCUT2D eigenvalue weighted by atomic mass is 16.5. The van der Waals surface area contributed by atoms with Crippen LogP contribution in [0, 0.1) is 0 Å². The van der Waals surface area contributed by atoms with Crippen molar-refractivity contribution in [1.29, 1.82) is 0 Å². The maximum absolute atomic E-state index is 12.0. The Kier molecular flexibility index (Phi) is 5.84. The van der Waals surface area contributed by atoms with E-state index in [1.165, 1.54) is 6.07 Å². The van der Waals surface area contributed by atoms with E-state index in [4.69, 9.17) is 10.5 Å². The third-order valence-corrected chi connectivity index (χ3v) is 3.87. The first-order chi connectivity index (χ1) is 13.1. The van der Waals surface area contributed by atoms with Crippen molar-refractivity contribution >= 4 is 11.8 Å². The summed E-state index contributed by atoms with van der Waals surface area (Å²) < 4.78 is 7.25. The van der Waals surface area contributed by atoms with Gasteiger partial charge in [-0.25, -0.2) is 0 Å². The molecule has 3 aromatic rings. The molecule has 3 rings (SSSR count). The minimum atomic E-state index is -0.542. The highest BCUT2D eigenvalue weighted by Crippen LogP contribution is 2.12. The summed E-state index contributed by atoms with van der Waals surface area (Å²) in [5.41, 5.74) is 7.65. The van der Waals surface area contributed by atoms with Gasteiger partial charge in [-0.2, -0.15) is 5.10 Å². The minimum absolute atomic E-state index is 0.144. The van der Waals surface area contributed by atoms with Crippen molar-refractivity contribution in [1.82, 2.24) is 15.1 Å². The van der Waals surface area contributed by atoms with E-state index in [1.54, 1.807) is 24.4 Å². The highest BCUT2D eigenvalue weighted by molar-refractivity contribution is 5.93. The number of hydrogen-bond donors (Lipinski definition) is 2. The standard InChI is InChI=1S/C20H20N4O3/c21-20(26)17-6-2-7-18(11-17)27-14-19(25)22-12-15-4-1-5-16(10-15)13-24-9-3-8-23-24/h1-11H,12-14H2,(H2,21,26)(H,22,25). The molecule has 0 radical (unpaired) electrons. The summed E-state index contributed by atoms with van der Waals surface area (Å²) in [7, 11) is 0. The fourth-order valence-electron chi connectivity index (χ4n) is 2.56. The van der Waals surface area contributed by atoms with Gasteiger partial charge in [0.25, 0.3) is 5.91 Å². The SMILES string of the molecule is NC(=O)c1cccc(OCC(=O)NCc2cccc(Cn3cccn3)c2)c1. The number of amides is 2. The van der Waals surface area contributed by atoms with Crippen LogP contribution in [0.4, 0.5) is 0 Å². The zero-order valence-corrected chi connectivity index (χ0v) is 14.7. The van der Waals surface area contributed by atoms with Gasteiger partial charge in [0.05, 0.1) is 6.54 Å². The lowest BCUT2D eigenvalue weighted by molar-refractivity contribution is -0.123. The molecule has 138 valence electrons. The normalized spacial score (nSPS) is 10.4. The zero-order chi connectivity index (χ0) is 19.1. The van der Waals surface area contributed by atoms with Gasteiger partial charge < -0.3 is 15.8 Å². The lowest BCUT2D eigenvalue weighted by atomic mass is 10.1. The van der Waals surface area contributed by atoms with E-state index in [0.29, 0.717) is 24.4 Å². The van der Waals surface area contributed by atoms with Crippen molar-refractivity contribution in [3.8, 4) is 5.75 Å². The average Bonchev–Trinajstić information content (AvgIpc) is 3.18. The van der Waals surface area contributed by atoms with Crippen LogP contribution >= 0.6 is 0 Å². The molecule has 0 unspecified atom stereocenters. The second-order valence-corrected chi connectivity index (χ2v) is 5.98. The van der Waals surface area contributed by atoms with Crippen LogP contribution in [-0.4, -0.2) is 28.2 Å². The first kappa shape index (κ1) is 18.2. The molecule has 1 aromatic heterocycles. The number of carbonyl (C=O) groups is 2. The second-order valence-electron chi connectivity index (χ2n) is 5.98. The summed E-state index contributed by atoms with van der Waals surface area (Å²) in [5, 5.41) is 7.00. The van der Waals surface area contributed by atoms with E-state index in [2.05, 4.69) is 10.4 Å². The molecular weight excluding hydrogens is 344 g/mol. The number of nitrogens with zero attached hydrogens (tertiary/aromatic N) is 2. The molecule has 0 spiro atoms. The number of aromatic nitrogens is 2. The number of hydrogen-bond acceptors (Lipinski definition) is 4. The molecule has 7 heteroatoms. The second kappa shape index (κ2) is 8.66. The molecule has 0 saturated carbocycles. The molecule has 7 nitrogen and oxygen atoms in total. The van der Waals surface area contributed by atoms with E-state index in [9.17, 15) is 9.59 Å². The summed E-state index contributed by atoms with van der Waals surface area (Å²) >= 11 is 0. The van der Waals surface area contributed by atoms with Gasteiger partial charge in [0.2, 0.25) is 5.91 Å². The fraction of sp³-hybridized carbons (Fsp3) is 0.150. The van der Waals surface area contributed by atoms with Crippen molar-refractivity contribution in [2.75, 3.05) is 6.61 Å². The summed E-state index contributed by atoms with van der Waals surface area (Å²) in [6.45, 7) is 0.930. The number of ether oxygens (including phenoxy) is 1. The topological polar surface area (TPSA) is 99.2 Å². The Hall–Kier alpha value is -3.61. The van der Waals surface area contributed by atoms with Gasteiger partial charge in [0.15, 0.2) is 6.61 Å². The maximum atomic E-state index is 12.0. The maximum Gasteiger partial charge on any atom is 0.258 e. The predicted molar refractivity (Wildman–Crippen MR) is 100 cm³/mol. The van der Waals surface area contributed by atoms with E-state index in [0.717, 1.165) is 11.1 Å². The molecule has 0 atom stereocenters. The van der Waals surface area contributed by atoms with Crippen LogP contribution in [0.25, 0.3) is 0 Å². The van der Waals surface area contributed by atoms with Crippen LogP contribution in [0.15, 0.2) is 67.0 Å². The van der Waals surface area contributed by atoms with Crippen LogP contribution < -0.4 is 15.8 Å². The van der Waals surface area contributed by atoms with Crippen LogP contribution in [0.1, 0.15) is 21.5 Å². The van der Waals surface area contributed by atoms with Gasteiger partial charge in [0, 0.05) is 24.5 Å². The molecule has 0 aliphatic rings. The lowest BCUT2D eigenvalue weighted by Gasteiger charge is -2.09. The Morgan fingerprint density at radius 3 is 2.67 bits per heavy atom. The van der Waals surface area contributed by atoms with Crippen molar-refractivity contribution in [3.05, 3.63) is 83.7 Å². The summed E-state index contributed by atoms with van der Waals surface area (Å²) in [6.07, 6.45) is 3.64. The molecule has 2 amide bonds. The third-order valence-electron chi connectivity index (χ3n) is 3.87. The minimum Gasteiger partial charge on any atom is -0.484 e. The first-order valence-electron chi connectivity index (χ1n) is 8.45. The van der Waals surface area contributed by atoms with Crippen molar-refractivity contribution in [3.63, 3.8) is 0 Å². The van der Waals surface area contributed by atoms with Crippen molar-refractivity contribution < 1.29 is 14.3 Å². The number of benzene rings is 2. The quantitative estimate of drug-likeness (QED) is 0.636. The van der Waals surface area contributed by atoms with Crippen LogP contribution in [0.5, 0.6) is 5.75 Å². The van der Waals surface area contributed by atoms with E-state index in [1.807, 2.05) is 41.2 Å². The summed E-state index contributed by atoms with van der Waals surface area (Å²) in [4.78, 5) is 23.2. The van der Waals surface area contributed by atoms with Gasteiger partial charge in [-0.05, 0) is 35.4 Å². The molecule has 0 fully saturated rings. The molecule has 0 saturated heterocycles. The van der Waals surface area contributed by atoms with Gasteiger partial charge in [-0.3, -0.25) is 14.3 Å². The zero-order valence-electron chi connectivity index (χ0n) is 14.7. The Morgan fingerprint density at radius 2 is 1.89 bits per heavy atom.